The molecule has 1 aromatic rings. The summed E-state index contributed by atoms with van der Waals surface area (Å²) in [7, 11) is 0. The zero-order valence-electron chi connectivity index (χ0n) is 12.5. The molecule has 1 aromatic heterocycles. The third kappa shape index (κ3) is 2.36. The molecular weight excluding hydrogens is 320 g/mol. The molecule has 0 unspecified atom stereocenters. The molecule has 0 aliphatic carbocycles. The van der Waals surface area contributed by atoms with E-state index in [0.29, 0.717) is 24.7 Å². The Bertz CT molecular complexity index is 738. The third-order valence-electron chi connectivity index (χ3n) is 4.28. The molecule has 10 heteroatoms. The first-order chi connectivity index (χ1) is 11.5. The second-order valence-electron chi connectivity index (χ2n) is 5.83. The summed E-state index contributed by atoms with van der Waals surface area (Å²) in [6.07, 6.45) is -2.05. The lowest BCUT2D eigenvalue weighted by atomic mass is 10.0. The molecule has 2 atom stereocenters. The highest BCUT2D eigenvalue weighted by molar-refractivity contribution is 5.95. The van der Waals surface area contributed by atoms with Gasteiger partial charge in [0.25, 0.3) is 5.91 Å². The molecule has 10 nitrogen and oxygen atoms in total. The molecular formula is C14H14N4O6. The lowest BCUT2D eigenvalue weighted by molar-refractivity contribution is -0.118. The van der Waals surface area contributed by atoms with Crippen LogP contribution < -0.4 is 15.0 Å². The molecule has 0 bridgehead atoms. The Morgan fingerprint density at radius 2 is 2.12 bits per heavy atom. The fourth-order valence-electron chi connectivity index (χ4n) is 3.10. The number of nitrogens with one attached hydrogen (secondary N) is 1. The smallest absolute Gasteiger partial charge is 0.415 e. The maximum Gasteiger partial charge on any atom is 0.415 e. The zero-order valence-corrected chi connectivity index (χ0v) is 12.5. The van der Waals surface area contributed by atoms with Crippen molar-refractivity contribution in [2.45, 2.75) is 6.10 Å². The number of hydrogen-bond acceptors (Lipinski definition) is 6. The van der Waals surface area contributed by atoms with Gasteiger partial charge in [-0.05, 0) is 12.1 Å². The van der Waals surface area contributed by atoms with Crippen LogP contribution in [0.25, 0.3) is 0 Å². The summed E-state index contributed by atoms with van der Waals surface area (Å²) in [6.45, 7) is 0.706. The van der Waals surface area contributed by atoms with Crippen molar-refractivity contribution in [1.82, 2.24) is 9.88 Å². The molecule has 2 saturated heterocycles. The summed E-state index contributed by atoms with van der Waals surface area (Å²) >= 11 is 0. The minimum absolute atomic E-state index is 0.0748. The first-order valence-corrected chi connectivity index (χ1v) is 7.41. The van der Waals surface area contributed by atoms with Crippen molar-refractivity contribution < 1.29 is 29.0 Å². The second kappa shape index (κ2) is 5.25. The van der Waals surface area contributed by atoms with Crippen LogP contribution in [0.2, 0.25) is 0 Å². The van der Waals surface area contributed by atoms with Crippen molar-refractivity contribution in [2.24, 2.45) is 5.92 Å². The van der Waals surface area contributed by atoms with Crippen LogP contribution in [-0.4, -0.2) is 65.4 Å². The van der Waals surface area contributed by atoms with E-state index < -0.39 is 18.3 Å². The fraction of sp³-hybridized carbons (Fsp3) is 0.429. The van der Waals surface area contributed by atoms with E-state index in [1.165, 1.54) is 9.80 Å². The molecule has 0 radical (unpaired) electrons. The molecule has 0 saturated carbocycles. The van der Waals surface area contributed by atoms with Gasteiger partial charge >= 0.3 is 12.2 Å². The molecule has 0 aromatic carbocycles. The van der Waals surface area contributed by atoms with Crippen LogP contribution in [0.5, 0.6) is 5.75 Å². The molecule has 4 heterocycles. The Labute approximate surface area is 135 Å². The van der Waals surface area contributed by atoms with Crippen LogP contribution in [0.1, 0.15) is 0 Å². The Balaban J connectivity index is 1.56. The van der Waals surface area contributed by atoms with Gasteiger partial charge in [-0.15, -0.1) is 0 Å². The number of fused-ring (bicyclic) bond motifs is 2. The minimum Gasteiger partial charge on any atom is -0.480 e. The average molecular weight is 334 g/mol. The Kier molecular flexibility index (Phi) is 3.18. The fourth-order valence-corrected chi connectivity index (χ4v) is 3.10. The van der Waals surface area contributed by atoms with Crippen molar-refractivity contribution in [3.63, 3.8) is 0 Å². The highest BCUT2D eigenvalue weighted by Crippen LogP contribution is 2.32. The Morgan fingerprint density at radius 3 is 2.92 bits per heavy atom. The predicted octanol–water partition coefficient (Wildman–Crippen LogP) is 0.347. The van der Waals surface area contributed by atoms with E-state index in [-0.39, 0.29) is 30.8 Å². The highest BCUT2D eigenvalue weighted by Gasteiger charge is 2.44. The van der Waals surface area contributed by atoms with Gasteiger partial charge in [-0.3, -0.25) is 9.69 Å². The maximum absolute atomic E-state index is 12.2. The molecule has 2 fully saturated rings. The first kappa shape index (κ1) is 14.5. The van der Waals surface area contributed by atoms with Gasteiger partial charge in [0.1, 0.15) is 11.9 Å². The monoisotopic (exact) mass is 334 g/mol. The van der Waals surface area contributed by atoms with Gasteiger partial charge in [-0.1, -0.05) is 0 Å². The number of carbonyl (C=O) groups is 3. The number of rotatable bonds is 1. The van der Waals surface area contributed by atoms with Crippen LogP contribution >= 0.6 is 0 Å². The van der Waals surface area contributed by atoms with Crippen LogP contribution in [-0.2, 0) is 9.53 Å². The van der Waals surface area contributed by atoms with E-state index in [1.807, 2.05) is 0 Å². The number of likely N-dealkylation sites (tertiary alicyclic amines) is 1. The summed E-state index contributed by atoms with van der Waals surface area (Å²) < 4.78 is 10.6. The van der Waals surface area contributed by atoms with Gasteiger partial charge in [0, 0.05) is 19.0 Å². The standard InChI is InChI=1S/C14H14N4O6/c19-11-6-23-8-1-2-10(15-12(8)16-11)18-4-7-3-17(13(20)21)5-9(7)24-14(18)22/h1-2,7,9H,3-6H2,(H,20,21)(H,15,16,19)/t7-,9+/m0/s1. The topological polar surface area (TPSA) is 121 Å². The van der Waals surface area contributed by atoms with Gasteiger partial charge in [0.2, 0.25) is 0 Å². The first-order valence-electron chi connectivity index (χ1n) is 7.41. The lowest BCUT2D eigenvalue weighted by Gasteiger charge is -2.33. The SMILES string of the molecule is O=C1COc2ccc(N3C[C@@H]4CN(C(=O)O)C[C@H]4OC3=O)nc2N1. The third-order valence-corrected chi connectivity index (χ3v) is 4.28. The van der Waals surface area contributed by atoms with Gasteiger partial charge in [0.05, 0.1) is 6.54 Å². The number of anilines is 2. The van der Waals surface area contributed by atoms with Gasteiger partial charge in [-0.25, -0.2) is 14.6 Å². The number of ether oxygens (including phenoxy) is 2. The largest absolute Gasteiger partial charge is 0.480 e. The van der Waals surface area contributed by atoms with Gasteiger partial charge < -0.3 is 24.8 Å². The normalized spacial score (nSPS) is 25.3. The van der Waals surface area contributed by atoms with Crippen molar-refractivity contribution in [3.05, 3.63) is 12.1 Å². The van der Waals surface area contributed by atoms with E-state index in [0.717, 1.165) is 0 Å². The maximum atomic E-state index is 12.2. The van der Waals surface area contributed by atoms with Crippen LogP contribution in [0.15, 0.2) is 12.1 Å². The summed E-state index contributed by atoms with van der Waals surface area (Å²) in [5.74, 6) is 0.553. The molecule has 0 spiro atoms. The summed E-state index contributed by atoms with van der Waals surface area (Å²) in [5.41, 5.74) is 0. The molecule has 24 heavy (non-hydrogen) atoms. The average Bonchev–Trinajstić information content (AvgIpc) is 2.96. The summed E-state index contributed by atoms with van der Waals surface area (Å²) in [6, 6.07) is 3.22. The second-order valence-corrected chi connectivity index (χ2v) is 5.83. The van der Waals surface area contributed by atoms with E-state index in [4.69, 9.17) is 14.6 Å². The van der Waals surface area contributed by atoms with E-state index in [9.17, 15) is 14.4 Å². The number of aromatic nitrogens is 1. The van der Waals surface area contributed by atoms with Crippen LogP contribution in [0.4, 0.5) is 21.2 Å². The van der Waals surface area contributed by atoms with Gasteiger partial charge in [0.15, 0.2) is 18.2 Å². The van der Waals surface area contributed by atoms with Crippen LogP contribution in [0.3, 0.4) is 0 Å². The Hall–Kier alpha value is -3.04. The Morgan fingerprint density at radius 1 is 1.29 bits per heavy atom. The number of hydrogen-bond donors (Lipinski definition) is 2. The van der Waals surface area contributed by atoms with E-state index in [1.54, 1.807) is 12.1 Å². The number of nitrogens with zero attached hydrogens (tertiary/aromatic N) is 3. The van der Waals surface area contributed by atoms with Crippen molar-refractivity contribution in [2.75, 3.05) is 36.5 Å². The molecule has 2 N–H and O–H groups in total. The predicted molar refractivity (Wildman–Crippen MR) is 79.1 cm³/mol. The number of pyridine rings is 1. The number of carboxylic acid groups (broad SMARTS) is 1. The number of carbonyl (C=O) groups excluding carboxylic acids is 2. The van der Waals surface area contributed by atoms with Crippen molar-refractivity contribution in [3.8, 4) is 5.75 Å². The molecule has 126 valence electrons. The molecule has 3 aliphatic heterocycles. The van der Waals surface area contributed by atoms with Gasteiger partial charge in [-0.2, -0.15) is 0 Å². The van der Waals surface area contributed by atoms with Crippen LogP contribution in [0, 0.1) is 5.92 Å². The number of amides is 3. The van der Waals surface area contributed by atoms with E-state index >= 15 is 0 Å². The summed E-state index contributed by atoms with van der Waals surface area (Å²) in [4.78, 5) is 41.5. The molecule has 3 amide bonds. The quantitative estimate of drug-likeness (QED) is 0.760. The van der Waals surface area contributed by atoms with E-state index in [2.05, 4.69) is 10.3 Å². The molecule has 3 aliphatic rings. The molecule has 4 rings (SSSR count). The lowest BCUT2D eigenvalue weighted by Crippen LogP contribution is -2.48. The zero-order chi connectivity index (χ0) is 16.8. The minimum atomic E-state index is -1.03. The summed E-state index contributed by atoms with van der Waals surface area (Å²) in [5, 5.41) is 11.7. The highest BCUT2D eigenvalue weighted by atomic mass is 16.6. The van der Waals surface area contributed by atoms with Crippen molar-refractivity contribution >= 4 is 29.7 Å². The van der Waals surface area contributed by atoms with Crippen molar-refractivity contribution in [1.29, 1.82) is 0 Å².